The molecule has 1 N–H and O–H groups in total. The number of rotatable bonds is 3. The third-order valence-corrected chi connectivity index (χ3v) is 6.51. The molecule has 1 aromatic heterocycles. The topological polar surface area (TPSA) is 42.0 Å². The van der Waals surface area contributed by atoms with Crippen molar-refractivity contribution in [3.63, 3.8) is 0 Å². The minimum Gasteiger partial charge on any atom is -0.351 e. The molecular weight excluding hydrogens is 324 g/mol. The zero-order valence-electron chi connectivity index (χ0n) is 11.3. The second-order valence-electron chi connectivity index (χ2n) is 4.79. The second kappa shape index (κ2) is 6.90. The lowest BCUT2D eigenvalue weighted by Gasteiger charge is -2.21. The van der Waals surface area contributed by atoms with E-state index in [1.165, 1.54) is 5.75 Å². The van der Waals surface area contributed by atoms with Crippen LogP contribution in [0, 0.1) is 0 Å². The average molecular weight is 339 g/mol. The fourth-order valence-corrected chi connectivity index (χ4v) is 5.12. The number of nitrogens with zero attached hydrogens (tertiary/aromatic N) is 1. The lowest BCUT2D eigenvalue weighted by Crippen LogP contribution is -2.33. The van der Waals surface area contributed by atoms with Gasteiger partial charge in [-0.1, -0.05) is 35.9 Å². The summed E-state index contributed by atoms with van der Waals surface area (Å²) in [5, 5.41) is 5.62. The molecule has 0 aliphatic carbocycles. The van der Waals surface area contributed by atoms with Crippen molar-refractivity contribution in [1.82, 2.24) is 10.3 Å². The fraction of sp³-hybridized carbons (Fsp3) is 0.333. The number of thioether (sulfide) groups is 2. The van der Waals surface area contributed by atoms with E-state index >= 15 is 0 Å². The Morgan fingerprint density at radius 1 is 1.33 bits per heavy atom. The molecule has 1 aliphatic rings. The Labute approximate surface area is 137 Å². The third-order valence-electron chi connectivity index (χ3n) is 3.37. The Kier molecular flexibility index (Phi) is 4.93. The van der Waals surface area contributed by atoms with Crippen LogP contribution in [0.4, 0.5) is 0 Å². The maximum absolute atomic E-state index is 12.4. The highest BCUT2D eigenvalue weighted by molar-refractivity contribution is 8.06. The van der Waals surface area contributed by atoms with Gasteiger partial charge in [0.05, 0.1) is 5.56 Å². The summed E-state index contributed by atoms with van der Waals surface area (Å²) in [4.78, 5) is 16.5. The highest BCUT2D eigenvalue weighted by Crippen LogP contribution is 2.25. The van der Waals surface area contributed by atoms with Crippen molar-refractivity contribution in [2.45, 2.75) is 5.25 Å². The van der Waals surface area contributed by atoms with E-state index in [4.69, 9.17) is 11.6 Å². The molecule has 0 radical (unpaired) electrons. The number of aromatic nitrogens is 1. The number of fused-ring (bicyclic) bond motifs is 1. The molecule has 3 nitrogen and oxygen atoms in total. The summed E-state index contributed by atoms with van der Waals surface area (Å²) in [6.07, 6.45) is 1.56. The number of hydrogen-bond acceptors (Lipinski definition) is 4. The number of carbonyl (C=O) groups excluding carboxylic acids is 1. The SMILES string of the molecule is O=C(NCC1CSCCS1)c1cnc(Cl)c2ccccc12. The number of carbonyl (C=O) groups is 1. The normalized spacial score (nSPS) is 18.6. The van der Waals surface area contributed by atoms with E-state index in [1.807, 2.05) is 47.8 Å². The molecule has 21 heavy (non-hydrogen) atoms. The van der Waals surface area contributed by atoms with E-state index in [0.29, 0.717) is 22.5 Å². The van der Waals surface area contributed by atoms with E-state index < -0.39 is 0 Å². The van der Waals surface area contributed by atoms with Gasteiger partial charge in [-0.15, -0.1) is 0 Å². The summed E-state index contributed by atoms with van der Waals surface area (Å²) in [7, 11) is 0. The zero-order valence-corrected chi connectivity index (χ0v) is 13.7. The highest BCUT2D eigenvalue weighted by Gasteiger charge is 2.17. The lowest BCUT2D eigenvalue weighted by atomic mass is 10.1. The van der Waals surface area contributed by atoms with Crippen molar-refractivity contribution in [3.8, 4) is 0 Å². The van der Waals surface area contributed by atoms with E-state index in [1.54, 1.807) is 6.20 Å². The minimum absolute atomic E-state index is 0.0773. The van der Waals surface area contributed by atoms with Crippen molar-refractivity contribution in [2.24, 2.45) is 0 Å². The quantitative estimate of drug-likeness (QED) is 0.870. The Hall–Kier alpha value is -0.910. The van der Waals surface area contributed by atoms with Gasteiger partial charge in [0.25, 0.3) is 5.91 Å². The van der Waals surface area contributed by atoms with Gasteiger partial charge in [-0.05, 0) is 5.39 Å². The summed E-state index contributed by atoms with van der Waals surface area (Å²) in [6.45, 7) is 0.702. The summed E-state index contributed by atoms with van der Waals surface area (Å²) in [5.41, 5.74) is 0.587. The largest absolute Gasteiger partial charge is 0.351 e. The smallest absolute Gasteiger partial charge is 0.253 e. The van der Waals surface area contributed by atoms with Gasteiger partial charge in [0.2, 0.25) is 0 Å². The number of halogens is 1. The number of nitrogens with one attached hydrogen (secondary N) is 1. The Morgan fingerprint density at radius 2 is 2.14 bits per heavy atom. The highest BCUT2D eigenvalue weighted by atomic mass is 35.5. The second-order valence-corrected chi connectivity index (χ2v) is 7.70. The minimum atomic E-state index is -0.0773. The van der Waals surface area contributed by atoms with Gasteiger partial charge in [-0.25, -0.2) is 4.98 Å². The van der Waals surface area contributed by atoms with Crippen LogP contribution in [0.5, 0.6) is 0 Å². The first kappa shape index (κ1) is 15.0. The van der Waals surface area contributed by atoms with Gasteiger partial charge in [0.15, 0.2) is 0 Å². The lowest BCUT2D eigenvalue weighted by molar-refractivity contribution is 0.0955. The standard InChI is InChI=1S/C15H15ClN2OS2/c16-14-12-4-2-1-3-11(12)13(8-17-14)15(19)18-7-10-9-20-5-6-21-10/h1-4,8,10H,5-7,9H2,(H,18,19). The van der Waals surface area contributed by atoms with Crippen LogP contribution in [-0.4, -0.2) is 39.9 Å². The number of benzene rings is 1. The van der Waals surface area contributed by atoms with Crippen molar-refractivity contribution in [2.75, 3.05) is 23.8 Å². The van der Waals surface area contributed by atoms with E-state index in [0.717, 1.165) is 22.3 Å². The molecule has 0 saturated carbocycles. The van der Waals surface area contributed by atoms with Crippen molar-refractivity contribution < 1.29 is 4.79 Å². The molecule has 1 aliphatic heterocycles. The van der Waals surface area contributed by atoms with Crippen molar-refractivity contribution in [3.05, 3.63) is 41.2 Å². The monoisotopic (exact) mass is 338 g/mol. The predicted molar refractivity (Wildman–Crippen MR) is 92.7 cm³/mol. The molecule has 6 heteroatoms. The molecular formula is C15H15ClN2OS2. The molecule has 2 heterocycles. The molecule has 1 fully saturated rings. The summed E-state index contributed by atoms with van der Waals surface area (Å²) < 4.78 is 0. The first-order valence-corrected chi connectivity index (χ1v) is 9.34. The molecule has 3 rings (SSSR count). The number of amides is 1. The van der Waals surface area contributed by atoms with Crippen molar-refractivity contribution in [1.29, 1.82) is 0 Å². The molecule has 1 unspecified atom stereocenters. The maximum Gasteiger partial charge on any atom is 0.253 e. The summed E-state index contributed by atoms with van der Waals surface area (Å²) in [5.74, 6) is 3.40. The molecule has 110 valence electrons. The molecule has 1 aromatic carbocycles. The van der Waals surface area contributed by atoms with Crippen LogP contribution in [0.3, 0.4) is 0 Å². The molecule has 1 saturated heterocycles. The van der Waals surface area contributed by atoms with Gasteiger partial charge in [0.1, 0.15) is 5.15 Å². The first-order valence-electron chi connectivity index (χ1n) is 6.76. The van der Waals surface area contributed by atoms with Crippen LogP contribution >= 0.6 is 35.1 Å². The van der Waals surface area contributed by atoms with E-state index in [-0.39, 0.29) is 5.91 Å². The fourth-order valence-electron chi connectivity index (χ4n) is 2.30. The molecule has 1 amide bonds. The Bertz CT molecular complexity index is 659. The number of hydrogen-bond donors (Lipinski definition) is 1. The van der Waals surface area contributed by atoms with Gasteiger partial charge in [-0.2, -0.15) is 23.5 Å². The number of pyridine rings is 1. The van der Waals surface area contributed by atoms with Crippen molar-refractivity contribution >= 4 is 51.8 Å². The van der Waals surface area contributed by atoms with Gasteiger partial charge >= 0.3 is 0 Å². The van der Waals surface area contributed by atoms with Gasteiger partial charge < -0.3 is 5.32 Å². The third kappa shape index (κ3) is 3.47. The van der Waals surface area contributed by atoms with Crippen LogP contribution in [0.2, 0.25) is 5.15 Å². The zero-order chi connectivity index (χ0) is 14.7. The van der Waals surface area contributed by atoms with Gasteiger partial charge in [-0.3, -0.25) is 4.79 Å². The van der Waals surface area contributed by atoms with E-state index in [9.17, 15) is 4.79 Å². The Morgan fingerprint density at radius 3 is 2.90 bits per heavy atom. The molecule has 2 aromatic rings. The first-order chi connectivity index (χ1) is 10.3. The molecule has 0 spiro atoms. The maximum atomic E-state index is 12.4. The van der Waals surface area contributed by atoms with Gasteiger partial charge in [0, 0.05) is 40.6 Å². The molecule has 0 bridgehead atoms. The van der Waals surface area contributed by atoms with Crippen LogP contribution in [0.1, 0.15) is 10.4 Å². The molecule has 1 atom stereocenters. The van der Waals surface area contributed by atoms with Crippen LogP contribution in [0.25, 0.3) is 10.8 Å². The summed E-state index contributed by atoms with van der Waals surface area (Å²) in [6, 6.07) is 7.59. The van der Waals surface area contributed by atoms with Crippen LogP contribution < -0.4 is 5.32 Å². The van der Waals surface area contributed by atoms with Crippen LogP contribution in [0.15, 0.2) is 30.5 Å². The Balaban J connectivity index is 1.77. The summed E-state index contributed by atoms with van der Waals surface area (Å²) >= 11 is 9.97. The van der Waals surface area contributed by atoms with Crippen LogP contribution in [-0.2, 0) is 0 Å². The van der Waals surface area contributed by atoms with E-state index in [2.05, 4.69) is 10.3 Å². The predicted octanol–water partition coefficient (Wildman–Crippen LogP) is 3.47. The average Bonchev–Trinajstić information content (AvgIpc) is 2.54.